The quantitative estimate of drug-likeness (QED) is 0.428. The Hall–Kier alpha value is -1.00. The van der Waals surface area contributed by atoms with E-state index < -0.39 is 10.7 Å². The van der Waals surface area contributed by atoms with Gasteiger partial charge in [-0.05, 0) is 66.1 Å². The van der Waals surface area contributed by atoms with Gasteiger partial charge in [0.15, 0.2) is 5.16 Å². The van der Waals surface area contributed by atoms with Gasteiger partial charge in [0.2, 0.25) is 4.73 Å². The van der Waals surface area contributed by atoms with Crippen LogP contribution in [0.5, 0.6) is 0 Å². The van der Waals surface area contributed by atoms with Gasteiger partial charge in [-0.15, -0.1) is 21.5 Å². The first-order valence-corrected chi connectivity index (χ1v) is 11.5. The molecule has 2 aromatic heterocycles. The van der Waals surface area contributed by atoms with Crippen LogP contribution in [-0.4, -0.2) is 38.5 Å². The zero-order valence-electron chi connectivity index (χ0n) is 15.7. The summed E-state index contributed by atoms with van der Waals surface area (Å²) in [6.07, 6.45) is 2.09. The van der Waals surface area contributed by atoms with Gasteiger partial charge in [0.1, 0.15) is 9.75 Å². The third-order valence-electron chi connectivity index (χ3n) is 5.07. The minimum absolute atomic E-state index is 0.149. The lowest BCUT2D eigenvalue weighted by atomic mass is 9.89. The molecule has 0 spiro atoms. The van der Waals surface area contributed by atoms with Crippen LogP contribution in [-0.2, 0) is 22.4 Å². The van der Waals surface area contributed by atoms with Crippen LogP contribution in [0.2, 0.25) is 0 Å². The minimum atomic E-state index is -2.65. The highest BCUT2D eigenvalue weighted by atomic mass is 79.9. The van der Waals surface area contributed by atoms with Crippen LogP contribution in [0, 0.1) is 0 Å². The fourth-order valence-electron chi connectivity index (χ4n) is 3.47. The van der Waals surface area contributed by atoms with E-state index in [9.17, 15) is 13.6 Å². The van der Waals surface area contributed by atoms with Gasteiger partial charge in [0, 0.05) is 17.7 Å². The first kappa shape index (κ1) is 20.3. The van der Waals surface area contributed by atoms with E-state index in [1.165, 1.54) is 18.9 Å². The van der Waals surface area contributed by atoms with Gasteiger partial charge in [-0.2, -0.15) is 0 Å². The summed E-state index contributed by atoms with van der Waals surface area (Å²) in [6.45, 7) is 3.52. The van der Waals surface area contributed by atoms with E-state index in [1.807, 2.05) is 4.57 Å². The van der Waals surface area contributed by atoms with E-state index in [0.29, 0.717) is 22.2 Å². The van der Waals surface area contributed by atoms with Gasteiger partial charge in [0.25, 0.3) is 5.92 Å². The van der Waals surface area contributed by atoms with E-state index >= 15 is 0 Å². The zero-order valence-corrected chi connectivity index (χ0v) is 18.9. The van der Waals surface area contributed by atoms with Crippen molar-refractivity contribution < 1.29 is 18.3 Å². The smallest absolute Gasteiger partial charge is 0.321 e. The molecule has 0 aliphatic heterocycles. The number of nitrogens with zero attached hydrogens (tertiary/aromatic N) is 3. The molecule has 0 radical (unpaired) electrons. The van der Waals surface area contributed by atoms with Crippen molar-refractivity contribution in [1.82, 2.24) is 14.8 Å². The number of thioether (sulfide) groups is 1. The standard InChI is InChI=1S/C18H20BrF2N3O2S2/c1-17(2,14(25)26-3)28-16-23-22-15(19)24(16)13-10-6-7-18(20,21)8-11(10)12(27-13)9-4-5-9/h9H,4-8H2,1-3H3. The summed E-state index contributed by atoms with van der Waals surface area (Å²) in [6, 6.07) is 0. The number of esters is 1. The van der Waals surface area contributed by atoms with Crippen molar-refractivity contribution in [3.63, 3.8) is 0 Å². The van der Waals surface area contributed by atoms with Crippen molar-refractivity contribution >= 4 is 45.0 Å². The number of rotatable bonds is 5. The van der Waals surface area contributed by atoms with Gasteiger partial charge >= 0.3 is 5.97 Å². The Morgan fingerprint density at radius 3 is 2.71 bits per heavy atom. The molecule has 0 unspecified atom stereocenters. The zero-order chi connectivity index (χ0) is 20.3. The largest absolute Gasteiger partial charge is 0.468 e. The minimum Gasteiger partial charge on any atom is -0.468 e. The number of aromatic nitrogens is 3. The van der Waals surface area contributed by atoms with Crippen LogP contribution in [0.25, 0.3) is 5.00 Å². The van der Waals surface area contributed by atoms with Crippen molar-refractivity contribution in [3.05, 3.63) is 20.7 Å². The van der Waals surface area contributed by atoms with Crippen LogP contribution in [0.15, 0.2) is 9.89 Å². The second-order valence-corrected chi connectivity index (χ2v) is 11.1. The van der Waals surface area contributed by atoms with Gasteiger partial charge in [0.05, 0.1) is 7.11 Å². The number of thiophene rings is 1. The SMILES string of the molecule is COC(=O)C(C)(C)Sc1nnc(Br)n1-c1sc(C2CC2)c2c1CCC(F)(F)C2. The van der Waals surface area contributed by atoms with E-state index in [4.69, 9.17) is 4.74 Å². The normalized spacial score (nSPS) is 18.8. The predicted molar refractivity (Wildman–Crippen MR) is 108 cm³/mol. The highest BCUT2D eigenvalue weighted by Crippen LogP contribution is 2.52. The van der Waals surface area contributed by atoms with Crippen molar-refractivity contribution in [3.8, 4) is 5.00 Å². The number of carbonyl (C=O) groups excluding carboxylic acids is 1. The first-order chi connectivity index (χ1) is 13.1. The number of halogens is 3. The Bertz CT molecular complexity index is 938. The molecule has 0 saturated heterocycles. The third-order valence-corrected chi connectivity index (χ3v) is 8.13. The molecular weight excluding hydrogens is 472 g/mol. The van der Waals surface area contributed by atoms with Gasteiger partial charge in [-0.25, -0.2) is 8.78 Å². The molecule has 2 heterocycles. The molecule has 0 amide bonds. The van der Waals surface area contributed by atoms with Gasteiger partial charge in [-0.1, -0.05) is 11.8 Å². The number of alkyl halides is 2. The summed E-state index contributed by atoms with van der Waals surface area (Å²) in [5.74, 6) is -2.63. The monoisotopic (exact) mass is 491 g/mol. The maximum atomic E-state index is 14.1. The molecule has 152 valence electrons. The summed E-state index contributed by atoms with van der Waals surface area (Å²) >= 11 is 6.26. The number of carbonyl (C=O) groups is 1. The number of hydrogen-bond donors (Lipinski definition) is 0. The summed E-state index contributed by atoms with van der Waals surface area (Å²) in [5.41, 5.74) is 1.78. The fourth-order valence-corrected chi connectivity index (χ4v) is 6.71. The molecule has 1 saturated carbocycles. The van der Waals surface area contributed by atoms with Gasteiger partial charge in [-0.3, -0.25) is 9.36 Å². The molecule has 0 bridgehead atoms. The fraction of sp³-hybridized carbons (Fsp3) is 0.611. The molecule has 1 fully saturated rings. The molecular formula is C18H20BrF2N3O2S2. The van der Waals surface area contributed by atoms with Gasteiger partial charge < -0.3 is 4.74 Å². The number of fused-ring (bicyclic) bond motifs is 1. The molecule has 4 rings (SSSR count). The van der Waals surface area contributed by atoms with Crippen LogP contribution in [0.1, 0.15) is 55.0 Å². The van der Waals surface area contributed by atoms with Crippen molar-refractivity contribution in [2.45, 2.75) is 67.7 Å². The van der Waals surface area contributed by atoms with Crippen LogP contribution in [0.3, 0.4) is 0 Å². The highest BCUT2D eigenvalue weighted by Gasteiger charge is 2.42. The summed E-state index contributed by atoms with van der Waals surface area (Å²) < 4.78 is 34.6. The van der Waals surface area contributed by atoms with E-state index in [2.05, 4.69) is 26.1 Å². The molecule has 2 aliphatic carbocycles. The average Bonchev–Trinajstić information content (AvgIpc) is 3.32. The Morgan fingerprint density at radius 2 is 2.07 bits per heavy atom. The molecule has 28 heavy (non-hydrogen) atoms. The molecule has 0 N–H and O–H groups in total. The maximum absolute atomic E-state index is 14.1. The molecule has 2 aromatic rings. The van der Waals surface area contributed by atoms with E-state index in [0.717, 1.165) is 33.8 Å². The lowest BCUT2D eigenvalue weighted by molar-refractivity contribution is -0.142. The van der Waals surface area contributed by atoms with Crippen molar-refractivity contribution in [2.24, 2.45) is 0 Å². The lowest BCUT2D eigenvalue weighted by Gasteiger charge is -2.24. The molecule has 5 nitrogen and oxygen atoms in total. The average molecular weight is 492 g/mol. The second-order valence-electron chi connectivity index (χ2n) is 7.73. The summed E-state index contributed by atoms with van der Waals surface area (Å²) in [5, 5.41) is 9.76. The van der Waals surface area contributed by atoms with E-state index in [1.54, 1.807) is 25.2 Å². The van der Waals surface area contributed by atoms with Crippen molar-refractivity contribution in [2.75, 3.05) is 7.11 Å². The van der Waals surface area contributed by atoms with Crippen LogP contribution < -0.4 is 0 Å². The van der Waals surface area contributed by atoms with Crippen molar-refractivity contribution in [1.29, 1.82) is 0 Å². The van der Waals surface area contributed by atoms with E-state index in [-0.39, 0.29) is 18.8 Å². The number of methoxy groups -OCH3 is 1. The number of ether oxygens (including phenoxy) is 1. The maximum Gasteiger partial charge on any atom is 0.321 e. The van der Waals surface area contributed by atoms with Crippen LogP contribution >= 0.6 is 39.0 Å². The Kier molecular flexibility index (Phi) is 5.11. The topological polar surface area (TPSA) is 57.0 Å². The first-order valence-electron chi connectivity index (χ1n) is 9.04. The molecule has 0 atom stereocenters. The third kappa shape index (κ3) is 3.63. The predicted octanol–water partition coefficient (Wildman–Crippen LogP) is 5.14. The summed E-state index contributed by atoms with van der Waals surface area (Å²) in [4.78, 5) is 13.2. The highest BCUT2D eigenvalue weighted by molar-refractivity contribution is 9.10. The molecule has 2 aliphatic rings. The summed E-state index contributed by atoms with van der Waals surface area (Å²) in [7, 11) is 1.35. The van der Waals surface area contributed by atoms with Crippen LogP contribution in [0.4, 0.5) is 8.78 Å². The Balaban J connectivity index is 1.79. The molecule has 0 aromatic carbocycles. The Labute approximate surface area is 178 Å². The number of hydrogen-bond acceptors (Lipinski definition) is 6. The Morgan fingerprint density at radius 1 is 1.36 bits per heavy atom. The second kappa shape index (κ2) is 7.05. The molecule has 10 heteroatoms. The lowest BCUT2D eigenvalue weighted by Crippen LogP contribution is -2.29.